The second kappa shape index (κ2) is 9.62. The summed E-state index contributed by atoms with van der Waals surface area (Å²) in [6, 6.07) is 14.3. The van der Waals surface area contributed by atoms with Crippen molar-refractivity contribution in [3.63, 3.8) is 0 Å². The van der Waals surface area contributed by atoms with Crippen molar-refractivity contribution in [3.8, 4) is 0 Å². The van der Waals surface area contributed by atoms with Gasteiger partial charge >= 0.3 is 0 Å². The molecule has 2 aromatic carbocycles. The Balaban J connectivity index is 1.29. The lowest BCUT2D eigenvalue weighted by Crippen LogP contribution is -2.35. The van der Waals surface area contributed by atoms with Crippen molar-refractivity contribution in [2.45, 2.75) is 33.4 Å². The first-order chi connectivity index (χ1) is 15.0. The summed E-state index contributed by atoms with van der Waals surface area (Å²) in [5.74, 6) is -0.354. The number of carbonyl (C=O) groups is 2. The summed E-state index contributed by atoms with van der Waals surface area (Å²) in [6.07, 6.45) is 0.262. The molecule has 0 saturated carbocycles. The first-order valence-corrected chi connectivity index (χ1v) is 11.0. The number of aryl methyl sites for hydroxylation is 1. The number of anilines is 1. The van der Waals surface area contributed by atoms with E-state index in [1.807, 2.05) is 32.0 Å². The van der Waals surface area contributed by atoms with Crippen LogP contribution in [0.15, 0.2) is 42.5 Å². The van der Waals surface area contributed by atoms with Crippen LogP contribution in [0.25, 0.3) is 0 Å². The number of benzene rings is 2. The number of rotatable bonds is 6. The number of nitrogens with zero attached hydrogens (tertiary/aromatic N) is 2. The first-order valence-electron chi connectivity index (χ1n) is 11.0. The number of hydrogen-bond donors (Lipinski definition) is 1. The molecule has 2 amide bonds. The van der Waals surface area contributed by atoms with Gasteiger partial charge in [0.15, 0.2) is 0 Å². The maximum absolute atomic E-state index is 12.7. The molecule has 0 aromatic heterocycles. The number of carbonyl (C=O) groups excluding carboxylic acids is 2. The molecule has 4 rings (SSSR count). The van der Waals surface area contributed by atoms with Gasteiger partial charge in [0.2, 0.25) is 11.8 Å². The maximum atomic E-state index is 12.7. The van der Waals surface area contributed by atoms with Crippen molar-refractivity contribution >= 4 is 17.5 Å². The fraction of sp³-hybridized carbons (Fsp3) is 0.440. The first kappa shape index (κ1) is 21.5. The molecule has 0 spiro atoms. The zero-order valence-electron chi connectivity index (χ0n) is 18.4. The Bertz CT molecular complexity index is 936. The van der Waals surface area contributed by atoms with Crippen molar-refractivity contribution in [2.24, 2.45) is 5.92 Å². The van der Waals surface area contributed by atoms with Crippen molar-refractivity contribution in [2.75, 3.05) is 37.7 Å². The van der Waals surface area contributed by atoms with Gasteiger partial charge in [0, 0.05) is 44.8 Å². The van der Waals surface area contributed by atoms with Crippen LogP contribution >= 0.6 is 0 Å². The lowest BCUT2D eigenvalue weighted by atomic mass is 10.1. The molecule has 2 aliphatic heterocycles. The summed E-state index contributed by atoms with van der Waals surface area (Å²) in [5.41, 5.74) is 5.48. The number of ether oxygens (including phenoxy) is 1. The van der Waals surface area contributed by atoms with E-state index in [1.165, 1.54) is 5.56 Å². The molecule has 6 heteroatoms. The Morgan fingerprint density at radius 3 is 2.52 bits per heavy atom. The molecule has 1 N–H and O–H groups in total. The predicted molar refractivity (Wildman–Crippen MR) is 121 cm³/mol. The minimum Gasteiger partial charge on any atom is -0.379 e. The lowest BCUT2D eigenvalue weighted by Gasteiger charge is -2.26. The number of morpholine rings is 1. The molecule has 31 heavy (non-hydrogen) atoms. The fourth-order valence-corrected chi connectivity index (χ4v) is 4.26. The van der Waals surface area contributed by atoms with Gasteiger partial charge in [-0.25, -0.2) is 0 Å². The summed E-state index contributed by atoms with van der Waals surface area (Å²) in [7, 11) is 0. The lowest BCUT2D eigenvalue weighted by molar-refractivity contribution is -0.126. The van der Waals surface area contributed by atoms with E-state index in [2.05, 4.69) is 34.5 Å². The minimum atomic E-state index is -0.312. The molecule has 0 radical (unpaired) electrons. The zero-order valence-corrected chi connectivity index (χ0v) is 18.4. The van der Waals surface area contributed by atoms with Gasteiger partial charge in [0.05, 0.1) is 19.1 Å². The van der Waals surface area contributed by atoms with Crippen molar-refractivity contribution < 1.29 is 14.3 Å². The Kier molecular flexibility index (Phi) is 6.68. The SMILES string of the molecule is Cc1cccc(N2C[C@H](C(=O)NCc3ccc(CN4CCOCC4)cc3)CC2=O)c1C. The number of amides is 2. The van der Waals surface area contributed by atoms with Crippen molar-refractivity contribution in [3.05, 3.63) is 64.7 Å². The molecule has 0 aliphatic carbocycles. The Hall–Kier alpha value is -2.70. The van der Waals surface area contributed by atoms with Crippen LogP contribution in [-0.4, -0.2) is 49.6 Å². The molecule has 1 atom stereocenters. The minimum absolute atomic E-state index is 0.0151. The quantitative estimate of drug-likeness (QED) is 0.779. The number of hydrogen-bond acceptors (Lipinski definition) is 4. The second-order valence-corrected chi connectivity index (χ2v) is 8.55. The Morgan fingerprint density at radius 1 is 1.06 bits per heavy atom. The zero-order chi connectivity index (χ0) is 21.8. The van der Waals surface area contributed by atoms with Crippen LogP contribution in [0.4, 0.5) is 5.69 Å². The fourth-order valence-electron chi connectivity index (χ4n) is 4.26. The van der Waals surface area contributed by atoms with Crippen LogP contribution in [-0.2, 0) is 27.4 Å². The average molecular weight is 422 g/mol. The van der Waals surface area contributed by atoms with E-state index in [-0.39, 0.29) is 24.2 Å². The van der Waals surface area contributed by atoms with Gasteiger partial charge in [-0.15, -0.1) is 0 Å². The Morgan fingerprint density at radius 2 is 1.77 bits per heavy atom. The van der Waals surface area contributed by atoms with E-state index in [1.54, 1.807) is 4.90 Å². The normalized spacial score (nSPS) is 19.6. The molecule has 164 valence electrons. The van der Waals surface area contributed by atoms with Crippen LogP contribution in [0.1, 0.15) is 28.7 Å². The molecule has 2 aliphatic rings. The number of nitrogens with one attached hydrogen (secondary N) is 1. The monoisotopic (exact) mass is 421 g/mol. The third-order valence-electron chi connectivity index (χ3n) is 6.36. The van der Waals surface area contributed by atoms with Crippen molar-refractivity contribution in [1.82, 2.24) is 10.2 Å². The van der Waals surface area contributed by atoms with Gasteiger partial charge in [-0.3, -0.25) is 14.5 Å². The highest BCUT2D eigenvalue weighted by Crippen LogP contribution is 2.29. The van der Waals surface area contributed by atoms with E-state index in [4.69, 9.17) is 4.74 Å². The maximum Gasteiger partial charge on any atom is 0.227 e. The molecule has 2 fully saturated rings. The molecular weight excluding hydrogens is 390 g/mol. The molecule has 2 aromatic rings. The molecule has 2 saturated heterocycles. The average Bonchev–Trinajstić information content (AvgIpc) is 3.17. The summed E-state index contributed by atoms with van der Waals surface area (Å²) < 4.78 is 5.40. The van der Waals surface area contributed by atoms with E-state index in [9.17, 15) is 9.59 Å². The van der Waals surface area contributed by atoms with Gasteiger partial charge in [0.1, 0.15) is 0 Å². The predicted octanol–water partition coefficient (Wildman–Crippen LogP) is 2.80. The van der Waals surface area contributed by atoms with Gasteiger partial charge in [0.25, 0.3) is 0 Å². The summed E-state index contributed by atoms with van der Waals surface area (Å²) >= 11 is 0. The van der Waals surface area contributed by atoms with E-state index in [0.29, 0.717) is 13.1 Å². The van der Waals surface area contributed by atoms with E-state index < -0.39 is 0 Å². The third-order valence-corrected chi connectivity index (χ3v) is 6.36. The highest BCUT2D eigenvalue weighted by molar-refractivity contribution is 6.00. The van der Waals surface area contributed by atoms with Crippen molar-refractivity contribution in [1.29, 1.82) is 0 Å². The van der Waals surface area contributed by atoms with E-state index in [0.717, 1.165) is 55.2 Å². The highest BCUT2D eigenvalue weighted by atomic mass is 16.5. The smallest absolute Gasteiger partial charge is 0.227 e. The summed E-state index contributed by atoms with van der Waals surface area (Å²) in [4.78, 5) is 29.4. The van der Waals surface area contributed by atoms with Gasteiger partial charge in [-0.05, 0) is 42.2 Å². The van der Waals surface area contributed by atoms with Crippen LogP contribution in [0.2, 0.25) is 0 Å². The van der Waals surface area contributed by atoms with Crippen LogP contribution in [0.5, 0.6) is 0 Å². The largest absolute Gasteiger partial charge is 0.379 e. The van der Waals surface area contributed by atoms with Gasteiger partial charge in [-0.2, -0.15) is 0 Å². The Labute approximate surface area is 184 Å². The van der Waals surface area contributed by atoms with Crippen LogP contribution < -0.4 is 10.2 Å². The van der Waals surface area contributed by atoms with Gasteiger partial charge < -0.3 is 15.0 Å². The third kappa shape index (κ3) is 5.14. The molecule has 2 heterocycles. The molecule has 0 unspecified atom stereocenters. The molecular formula is C25H31N3O3. The second-order valence-electron chi connectivity index (χ2n) is 8.55. The summed E-state index contributed by atoms with van der Waals surface area (Å²) in [6.45, 7) is 9.44. The summed E-state index contributed by atoms with van der Waals surface area (Å²) in [5, 5.41) is 3.02. The topological polar surface area (TPSA) is 61.9 Å². The molecule has 6 nitrogen and oxygen atoms in total. The van der Waals surface area contributed by atoms with E-state index >= 15 is 0 Å². The van der Waals surface area contributed by atoms with Crippen LogP contribution in [0.3, 0.4) is 0 Å². The molecule has 0 bridgehead atoms. The highest BCUT2D eigenvalue weighted by Gasteiger charge is 2.35. The van der Waals surface area contributed by atoms with Gasteiger partial charge in [-0.1, -0.05) is 36.4 Å². The van der Waals surface area contributed by atoms with Crippen LogP contribution in [0, 0.1) is 19.8 Å². The standard InChI is InChI=1S/C25H31N3O3/c1-18-4-3-5-23(19(18)2)28-17-22(14-24(28)29)25(30)26-15-20-6-8-21(9-7-20)16-27-10-12-31-13-11-27/h3-9,22H,10-17H2,1-2H3,(H,26,30)/t22-/m1/s1.